The molecule has 6 heteroatoms. The lowest BCUT2D eigenvalue weighted by atomic mass is 10.2. The molecule has 0 radical (unpaired) electrons. The van der Waals surface area contributed by atoms with E-state index in [1.165, 1.54) is 6.21 Å². The van der Waals surface area contributed by atoms with Crippen molar-refractivity contribution < 1.29 is 17.7 Å². The van der Waals surface area contributed by atoms with Gasteiger partial charge in [0.1, 0.15) is 23.3 Å². The summed E-state index contributed by atoms with van der Waals surface area (Å²) in [5.41, 5.74) is 0.657. The Morgan fingerprint density at radius 3 is 2.68 bits per heavy atom. The molecule has 0 amide bonds. The summed E-state index contributed by atoms with van der Waals surface area (Å²) < 4.78 is 44.2. The van der Waals surface area contributed by atoms with Gasteiger partial charge in [-0.2, -0.15) is 4.40 Å². The zero-order chi connectivity index (χ0) is 14.5. The van der Waals surface area contributed by atoms with E-state index in [4.69, 9.17) is 4.74 Å². The van der Waals surface area contributed by atoms with Gasteiger partial charge in [0.25, 0.3) is 6.43 Å². The number of hydrogen-bond acceptors (Lipinski definition) is 2. The maximum atomic E-state index is 12.0. The SMILES string of the molecule is CC(C)(C)[S@@](=O)/N=C/c1cccc(OCC(F)F)c1. The summed E-state index contributed by atoms with van der Waals surface area (Å²) in [4.78, 5) is 0. The fraction of sp³-hybridized carbons (Fsp3) is 0.462. The average molecular weight is 289 g/mol. The first kappa shape index (κ1) is 15.8. The van der Waals surface area contributed by atoms with Gasteiger partial charge in [-0.25, -0.2) is 13.0 Å². The van der Waals surface area contributed by atoms with Crippen LogP contribution in [0.3, 0.4) is 0 Å². The van der Waals surface area contributed by atoms with Gasteiger partial charge < -0.3 is 4.74 Å². The van der Waals surface area contributed by atoms with Gasteiger partial charge in [0, 0.05) is 6.21 Å². The molecule has 1 aromatic rings. The van der Waals surface area contributed by atoms with Crippen molar-refractivity contribution in [2.45, 2.75) is 31.9 Å². The zero-order valence-corrected chi connectivity index (χ0v) is 11.9. The number of hydrogen-bond donors (Lipinski definition) is 0. The summed E-state index contributed by atoms with van der Waals surface area (Å²) in [6.07, 6.45) is -1.05. The van der Waals surface area contributed by atoms with Crippen LogP contribution in [0, 0.1) is 0 Å². The van der Waals surface area contributed by atoms with Crippen LogP contribution >= 0.6 is 0 Å². The maximum absolute atomic E-state index is 12.0. The van der Waals surface area contributed by atoms with Crippen LogP contribution in [0.5, 0.6) is 5.75 Å². The van der Waals surface area contributed by atoms with E-state index in [0.717, 1.165) is 0 Å². The van der Waals surface area contributed by atoms with Gasteiger partial charge in [0.2, 0.25) is 0 Å². The molecule has 0 fully saturated rings. The van der Waals surface area contributed by atoms with Crippen LogP contribution in [0.25, 0.3) is 0 Å². The predicted octanol–water partition coefficient (Wildman–Crippen LogP) is 3.21. The van der Waals surface area contributed by atoms with Gasteiger partial charge >= 0.3 is 0 Å². The second-order valence-electron chi connectivity index (χ2n) is 4.87. The van der Waals surface area contributed by atoms with Crippen LogP contribution in [-0.4, -0.2) is 28.2 Å². The molecule has 106 valence electrons. The Hall–Kier alpha value is -1.30. The largest absolute Gasteiger partial charge is 0.488 e. The molecular formula is C13H17F2NO2S. The number of benzene rings is 1. The molecule has 0 N–H and O–H groups in total. The Labute approximate surface area is 114 Å². The number of alkyl halides is 2. The quantitative estimate of drug-likeness (QED) is 0.781. The molecule has 19 heavy (non-hydrogen) atoms. The minimum atomic E-state index is -2.51. The van der Waals surface area contributed by atoms with E-state index in [0.29, 0.717) is 11.3 Å². The molecular weight excluding hydrogens is 272 g/mol. The van der Waals surface area contributed by atoms with E-state index < -0.39 is 28.8 Å². The topological polar surface area (TPSA) is 38.7 Å². The number of rotatable bonds is 5. The molecule has 0 spiro atoms. The third-order valence-electron chi connectivity index (χ3n) is 2.06. The molecule has 0 saturated heterocycles. The molecule has 0 heterocycles. The minimum absolute atomic E-state index is 0.339. The van der Waals surface area contributed by atoms with Crippen LogP contribution in [-0.2, 0) is 11.0 Å². The van der Waals surface area contributed by atoms with Crippen molar-refractivity contribution in [3.8, 4) is 5.75 Å². The van der Waals surface area contributed by atoms with Crippen LogP contribution < -0.4 is 4.74 Å². The smallest absolute Gasteiger partial charge is 0.272 e. The van der Waals surface area contributed by atoms with Crippen molar-refractivity contribution in [1.82, 2.24) is 0 Å². The van der Waals surface area contributed by atoms with Gasteiger partial charge in [0.15, 0.2) is 0 Å². The Kier molecular flexibility index (Phi) is 5.60. The monoisotopic (exact) mass is 289 g/mol. The van der Waals surface area contributed by atoms with Crippen LogP contribution in [0.4, 0.5) is 8.78 Å². The highest BCUT2D eigenvalue weighted by atomic mass is 32.2. The summed E-state index contributed by atoms with van der Waals surface area (Å²) in [7, 11) is -1.35. The molecule has 1 rings (SSSR count). The molecule has 0 bridgehead atoms. The van der Waals surface area contributed by atoms with E-state index in [1.54, 1.807) is 24.3 Å². The normalized spacial score (nSPS) is 14.0. The Morgan fingerprint density at radius 2 is 2.11 bits per heavy atom. The number of ether oxygens (including phenoxy) is 1. The first-order valence-corrected chi connectivity index (χ1v) is 6.87. The molecule has 3 nitrogen and oxygen atoms in total. The summed E-state index contributed by atoms with van der Waals surface area (Å²) in [6.45, 7) is 4.82. The second-order valence-corrected chi connectivity index (χ2v) is 6.80. The van der Waals surface area contributed by atoms with Crippen molar-refractivity contribution in [1.29, 1.82) is 0 Å². The van der Waals surface area contributed by atoms with Crippen molar-refractivity contribution in [2.24, 2.45) is 4.40 Å². The standard InChI is InChI=1S/C13H17F2NO2S/c1-13(2,3)19(17)16-8-10-5-4-6-11(7-10)18-9-12(14)15/h4-8,12H,9H2,1-3H3/b16-8+/t19-/m1/s1. The van der Waals surface area contributed by atoms with Crippen molar-refractivity contribution >= 4 is 17.2 Å². The zero-order valence-electron chi connectivity index (χ0n) is 11.1. The van der Waals surface area contributed by atoms with Crippen LogP contribution in [0.2, 0.25) is 0 Å². The van der Waals surface area contributed by atoms with E-state index in [-0.39, 0.29) is 0 Å². The third kappa shape index (κ3) is 5.92. The summed E-state index contributed by atoms with van der Waals surface area (Å²) in [6, 6.07) is 6.56. The van der Waals surface area contributed by atoms with Gasteiger partial charge in [-0.3, -0.25) is 0 Å². The molecule has 0 aliphatic rings. The number of halogens is 2. The first-order valence-electron chi connectivity index (χ1n) is 5.76. The van der Waals surface area contributed by atoms with Gasteiger partial charge in [-0.15, -0.1) is 0 Å². The van der Waals surface area contributed by atoms with Crippen molar-refractivity contribution in [2.75, 3.05) is 6.61 Å². The average Bonchev–Trinajstić information content (AvgIpc) is 2.32. The van der Waals surface area contributed by atoms with Crippen molar-refractivity contribution in [3.05, 3.63) is 29.8 Å². The predicted molar refractivity (Wildman–Crippen MR) is 73.4 cm³/mol. The lowest BCUT2D eigenvalue weighted by Crippen LogP contribution is -2.19. The van der Waals surface area contributed by atoms with E-state index >= 15 is 0 Å². The van der Waals surface area contributed by atoms with Crippen LogP contribution in [0.15, 0.2) is 28.7 Å². The minimum Gasteiger partial charge on any atom is -0.488 e. The Morgan fingerprint density at radius 1 is 1.42 bits per heavy atom. The lowest BCUT2D eigenvalue weighted by Gasteiger charge is -2.12. The Balaban J connectivity index is 2.72. The summed E-state index contributed by atoms with van der Waals surface area (Å²) in [5.74, 6) is 0.339. The highest BCUT2D eigenvalue weighted by molar-refractivity contribution is 7.85. The Bertz CT molecular complexity index is 470. The van der Waals surface area contributed by atoms with Gasteiger partial charge in [-0.05, 0) is 38.5 Å². The van der Waals surface area contributed by atoms with Gasteiger partial charge in [-0.1, -0.05) is 12.1 Å². The molecule has 0 unspecified atom stereocenters. The fourth-order valence-electron chi connectivity index (χ4n) is 1.11. The third-order valence-corrected chi connectivity index (χ3v) is 3.40. The maximum Gasteiger partial charge on any atom is 0.272 e. The molecule has 1 atom stereocenters. The summed E-state index contributed by atoms with van der Waals surface area (Å²) in [5, 5.41) is 0. The lowest BCUT2D eigenvalue weighted by molar-refractivity contribution is 0.0819. The van der Waals surface area contributed by atoms with E-state index in [9.17, 15) is 13.0 Å². The summed E-state index contributed by atoms with van der Waals surface area (Å²) >= 11 is 0. The molecule has 0 aliphatic carbocycles. The van der Waals surface area contributed by atoms with Crippen LogP contribution in [0.1, 0.15) is 26.3 Å². The first-order chi connectivity index (χ1) is 8.79. The van der Waals surface area contributed by atoms with Crippen molar-refractivity contribution in [3.63, 3.8) is 0 Å². The second kappa shape index (κ2) is 6.75. The van der Waals surface area contributed by atoms with E-state index in [2.05, 4.69) is 4.40 Å². The van der Waals surface area contributed by atoms with E-state index in [1.807, 2.05) is 20.8 Å². The molecule has 0 aromatic heterocycles. The molecule has 1 aromatic carbocycles. The highest BCUT2D eigenvalue weighted by Gasteiger charge is 2.18. The fourth-order valence-corrected chi connectivity index (χ4v) is 1.64. The highest BCUT2D eigenvalue weighted by Crippen LogP contribution is 2.15. The molecule has 0 saturated carbocycles. The molecule has 0 aliphatic heterocycles. The number of nitrogens with zero attached hydrogens (tertiary/aromatic N) is 1. The van der Waals surface area contributed by atoms with Gasteiger partial charge in [0.05, 0.1) is 4.75 Å².